The van der Waals surface area contributed by atoms with Crippen molar-refractivity contribution in [3.05, 3.63) is 0 Å². The minimum absolute atomic E-state index is 0.784. The quantitative estimate of drug-likeness (QED) is 0.827. The van der Waals surface area contributed by atoms with Crippen molar-refractivity contribution in [2.24, 2.45) is 5.92 Å². The summed E-state index contributed by atoms with van der Waals surface area (Å²) in [6.07, 6.45) is 11.3. The van der Waals surface area contributed by atoms with Gasteiger partial charge in [0.15, 0.2) is 0 Å². The van der Waals surface area contributed by atoms with E-state index >= 15 is 0 Å². The predicted octanol–water partition coefficient (Wildman–Crippen LogP) is 2.37. The van der Waals surface area contributed by atoms with Crippen LogP contribution in [0, 0.1) is 5.92 Å². The average molecular weight is 279 g/mol. The first kappa shape index (κ1) is 14.8. The van der Waals surface area contributed by atoms with Crippen LogP contribution in [0.15, 0.2) is 0 Å². The van der Waals surface area contributed by atoms with E-state index in [0.29, 0.717) is 0 Å². The lowest BCUT2D eigenvalue weighted by molar-refractivity contribution is 0.180. The van der Waals surface area contributed by atoms with Crippen molar-refractivity contribution in [3.8, 4) is 0 Å². The smallest absolute Gasteiger partial charge is 0.0113 e. The number of hydrogen-bond donors (Lipinski definition) is 2. The van der Waals surface area contributed by atoms with Crippen LogP contribution in [0.4, 0.5) is 0 Å². The van der Waals surface area contributed by atoms with Crippen LogP contribution in [-0.2, 0) is 0 Å². The van der Waals surface area contributed by atoms with Gasteiger partial charge in [-0.15, -0.1) is 0 Å². The third-order valence-corrected chi connectivity index (χ3v) is 5.92. The first-order valence-corrected chi connectivity index (χ1v) is 9.08. The number of nitrogens with zero attached hydrogens (tertiary/aromatic N) is 1. The van der Waals surface area contributed by atoms with Crippen molar-refractivity contribution in [3.63, 3.8) is 0 Å². The van der Waals surface area contributed by atoms with Crippen LogP contribution in [0.2, 0.25) is 0 Å². The largest absolute Gasteiger partial charge is 0.314 e. The molecule has 0 bridgehead atoms. The summed E-state index contributed by atoms with van der Waals surface area (Å²) in [5, 5.41) is 7.84. The average Bonchev–Trinajstić information content (AvgIpc) is 2.97. The Kier molecular flexibility index (Phi) is 5.36. The Balaban J connectivity index is 1.48. The first-order valence-electron chi connectivity index (χ1n) is 9.08. The van der Waals surface area contributed by atoms with Crippen molar-refractivity contribution in [1.82, 2.24) is 15.5 Å². The molecule has 116 valence electrons. The molecule has 2 saturated heterocycles. The Morgan fingerprint density at radius 2 is 1.85 bits per heavy atom. The summed E-state index contributed by atoms with van der Waals surface area (Å²) in [5.74, 6) is 0.902. The molecule has 0 aromatic heterocycles. The van der Waals surface area contributed by atoms with E-state index in [1.807, 2.05) is 0 Å². The zero-order valence-corrected chi connectivity index (χ0v) is 13.2. The standard InChI is InChI=1S/C17H33N3/c1-2-20-12-9-14(10-13-20)19-17-8-5-6-15(17)16-7-3-4-11-18-16/h14-19H,2-13H2,1H3. The second-order valence-electron chi connectivity index (χ2n) is 7.13. The second kappa shape index (κ2) is 7.24. The van der Waals surface area contributed by atoms with Gasteiger partial charge in [-0.3, -0.25) is 0 Å². The summed E-state index contributed by atoms with van der Waals surface area (Å²) in [6.45, 7) is 7.36. The molecule has 0 spiro atoms. The first-order chi connectivity index (χ1) is 9.86. The molecular weight excluding hydrogens is 246 g/mol. The van der Waals surface area contributed by atoms with Gasteiger partial charge < -0.3 is 15.5 Å². The Morgan fingerprint density at radius 1 is 1.00 bits per heavy atom. The van der Waals surface area contributed by atoms with Crippen LogP contribution in [-0.4, -0.2) is 49.2 Å². The van der Waals surface area contributed by atoms with Gasteiger partial charge in [0.05, 0.1) is 0 Å². The third kappa shape index (κ3) is 3.55. The lowest BCUT2D eigenvalue weighted by Crippen LogP contribution is -2.51. The summed E-state index contributed by atoms with van der Waals surface area (Å²) >= 11 is 0. The van der Waals surface area contributed by atoms with Crippen molar-refractivity contribution >= 4 is 0 Å². The number of hydrogen-bond acceptors (Lipinski definition) is 3. The third-order valence-electron chi connectivity index (χ3n) is 5.92. The SMILES string of the molecule is CCN1CCC(NC2CCCC2C2CCCCN2)CC1. The lowest BCUT2D eigenvalue weighted by Gasteiger charge is -2.37. The van der Waals surface area contributed by atoms with Gasteiger partial charge in [0.25, 0.3) is 0 Å². The van der Waals surface area contributed by atoms with E-state index < -0.39 is 0 Å². The van der Waals surface area contributed by atoms with Crippen LogP contribution in [0.1, 0.15) is 58.3 Å². The molecule has 2 aliphatic heterocycles. The monoisotopic (exact) mass is 279 g/mol. The van der Waals surface area contributed by atoms with Crippen molar-refractivity contribution < 1.29 is 0 Å². The summed E-state index contributed by atoms with van der Waals surface area (Å²) in [6, 6.07) is 2.38. The molecule has 3 heteroatoms. The maximum atomic E-state index is 4.04. The van der Waals surface area contributed by atoms with E-state index in [-0.39, 0.29) is 0 Å². The minimum Gasteiger partial charge on any atom is -0.314 e. The Labute approximate surface area is 124 Å². The van der Waals surface area contributed by atoms with Crippen LogP contribution in [0.5, 0.6) is 0 Å². The van der Waals surface area contributed by atoms with E-state index in [1.165, 1.54) is 77.5 Å². The fourth-order valence-electron chi connectivity index (χ4n) is 4.64. The number of likely N-dealkylation sites (tertiary alicyclic amines) is 1. The fraction of sp³-hybridized carbons (Fsp3) is 1.00. The van der Waals surface area contributed by atoms with Crippen LogP contribution < -0.4 is 10.6 Å². The molecule has 1 saturated carbocycles. The number of nitrogens with one attached hydrogen (secondary N) is 2. The van der Waals surface area contributed by atoms with Gasteiger partial charge in [0.2, 0.25) is 0 Å². The van der Waals surface area contributed by atoms with E-state index in [2.05, 4.69) is 22.5 Å². The lowest BCUT2D eigenvalue weighted by atomic mass is 9.87. The molecular formula is C17H33N3. The molecule has 2 N–H and O–H groups in total. The molecule has 3 rings (SSSR count). The normalized spacial score (nSPS) is 37.4. The molecule has 3 fully saturated rings. The Bertz CT molecular complexity index is 280. The zero-order valence-electron chi connectivity index (χ0n) is 13.2. The highest BCUT2D eigenvalue weighted by atomic mass is 15.1. The Morgan fingerprint density at radius 3 is 2.55 bits per heavy atom. The van der Waals surface area contributed by atoms with Gasteiger partial charge in [-0.2, -0.15) is 0 Å². The topological polar surface area (TPSA) is 27.3 Å². The molecule has 3 unspecified atom stereocenters. The highest BCUT2D eigenvalue weighted by molar-refractivity contribution is 4.94. The summed E-state index contributed by atoms with van der Waals surface area (Å²) in [5.41, 5.74) is 0. The van der Waals surface area contributed by atoms with Gasteiger partial charge in [-0.1, -0.05) is 19.8 Å². The molecule has 3 nitrogen and oxygen atoms in total. The molecule has 2 heterocycles. The predicted molar refractivity (Wildman–Crippen MR) is 85.0 cm³/mol. The van der Waals surface area contributed by atoms with E-state index in [4.69, 9.17) is 0 Å². The second-order valence-corrected chi connectivity index (χ2v) is 7.13. The molecule has 0 aromatic rings. The molecule has 3 atom stereocenters. The molecule has 0 aromatic carbocycles. The Hall–Kier alpha value is -0.120. The van der Waals surface area contributed by atoms with Gasteiger partial charge in [0.1, 0.15) is 0 Å². The molecule has 1 aliphatic carbocycles. The minimum atomic E-state index is 0.784. The van der Waals surface area contributed by atoms with E-state index in [1.54, 1.807) is 0 Å². The van der Waals surface area contributed by atoms with Gasteiger partial charge in [-0.25, -0.2) is 0 Å². The van der Waals surface area contributed by atoms with Gasteiger partial charge in [0, 0.05) is 18.1 Å². The maximum absolute atomic E-state index is 4.04. The van der Waals surface area contributed by atoms with Crippen molar-refractivity contribution in [1.29, 1.82) is 0 Å². The van der Waals surface area contributed by atoms with Gasteiger partial charge in [-0.05, 0) is 70.6 Å². The maximum Gasteiger partial charge on any atom is 0.0113 e. The van der Waals surface area contributed by atoms with E-state index in [9.17, 15) is 0 Å². The molecule has 0 amide bonds. The molecule has 20 heavy (non-hydrogen) atoms. The van der Waals surface area contributed by atoms with Gasteiger partial charge >= 0.3 is 0 Å². The van der Waals surface area contributed by atoms with Crippen LogP contribution >= 0.6 is 0 Å². The van der Waals surface area contributed by atoms with Crippen LogP contribution in [0.3, 0.4) is 0 Å². The number of piperidine rings is 2. The van der Waals surface area contributed by atoms with Crippen molar-refractivity contribution in [2.45, 2.75) is 76.4 Å². The number of rotatable bonds is 4. The van der Waals surface area contributed by atoms with Crippen molar-refractivity contribution in [2.75, 3.05) is 26.2 Å². The zero-order chi connectivity index (χ0) is 13.8. The summed E-state index contributed by atoms with van der Waals surface area (Å²) < 4.78 is 0. The summed E-state index contributed by atoms with van der Waals surface area (Å²) in [4.78, 5) is 2.59. The fourth-order valence-corrected chi connectivity index (χ4v) is 4.64. The summed E-state index contributed by atoms with van der Waals surface area (Å²) in [7, 11) is 0. The highest BCUT2D eigenvalue weighted by Gasteiger charge is 2.35. The molecule has 3 aliphatic rings. The molecule has 0 radical (unpaired) electrons. The highest BCUT2D eigenvalue weighted by Crippen LogP contribution is 2.32. The van der Waals surface area contributed by atoms with E-state index in [0.717, 1.165) is 24.0 Å². The van der Waals surface area contributed by atoms with Crippen LogP contribution in [0.25, 0.3) is 0 Å².